The van der Waals surface area contributed by atoms with Crippen LogP contribution in [0.2, 0.25) is 0 Å². The summed E-state index contributed by atoms with van der Waals surface area (Å²) in [5.41, 5.74) is 4.15. The second-order valence-electron chi connectivity index (χ2n) is 6.16. The number of rotatable bonds is 4. The molecule has 1 aromatic carbocycles. The van der Waals surface area contributed by atoms with Crippen LogP contribution in [0.25, 0.3) is 16.7 Å². The lowest BCUT2D eigenvalue weighted by Crippen LogP contribution is -2.14. The number of para-hydroxylation sites is 1. The molecule has 26 heavy (non-hydrogen) atoms. The van der Waals surface area contributed by atoms with Crippen molar-refractivity contribution in [3.05, 3.63) is 66.2 Å². The van der Waals surface area contributed by atoms with Crippen LogP contribution in [-0.2, 0) is 18.3 Å². The van der Waals surface area contributed by atoms with E-state index in [1.165, 1.54) is 0 Å². The van der Waals surface area contributed by atoms with Gasteiger partial charge in [-0.15, -0.1) is 0 Å². The monoisotopic (exact) mass is 346 g/mol. The molecule has 3 heterocycles. The Bertz CT molecular complexity index is 1080. The summed E-state index contributed by atoms with van der Waals surface area (Å²) in [7, 11) is 1.85. The van der Waals surface area contributed by atoms with Crippen molar-refractivity contribution in [2.75, 3.05) is 5.32 Å². The third-order valence-electron chi connectivity index (χ3n) is 4.17. The Kier molecular flexibility index (Phi) is 3.96. The molecule has 0 aliphatic heterocycles. The van der Waals surface area contributed by atoms with Crippen LogP contribution in [0.5, 0.6) is 0 Å². The van der Waals surface area contributed by atoms with Crippen molar-refractivity contribution in [3.63, 3.8) is 0 Å². The molecule has 0 aliphatic rings. The Balaban J connectivity index is 1.47. The van der Waals surface area contributed by atoms with Crippen LogP contribution >= 0.6 is 0 Å². The fourth-order valence-corrected chi connectivity index (χ4v) is 2.94. The van der Waals surface area contributed by atoms with Gasteiger partial charge in [0.15, 0.2) is 5.65 Å². The fourth-order valence-electron chi connectivity index (χ4n) is 2.94. The minimum atomic E-state index is -0.111. The van der Waals surface area contributed by atoms with Gasteiger partial charge in [0.2, 0.25) is 5.91 Å². The highest BCUT2D eigenvalue weighted by Crippen LogP contribution is 2.19. The van der Waals surface area contributed by atoms with Crippen molar-refractivity contribution < 1.29 is 4.79 Å². The first-order valence-corrected chi connectivity index (χ1v) is 8.28. The molecule has 0 bridgehead atoms. The molecular weight excluding hydrogens is 328 g/mol. The van der Waals surface area contributed by atoms with Crippen LogP contribution in [-0.4, -0.2) is 30.5 Å². The summed E-state index contributed by atoms with van der Waals surface area (Å²) >= 11 is 0. The van der Waals surface area contributed by atoms with E-state index in [-0.39, 0.29) is 12.3 Å². The van der Waals surface area contributed by atoms with E-state index in [2.05, 4.69) is 20.5 Å². The second kappa shape index (κ2) is 6.44. The third-order valence-corrected chi connectivity index (χ3v) is 4.17. The summed E-state index contributed by atoms with van der Waals surface area (Å²) in [5, 5.41) is 12.5. The van der Waals surface area contributed by atoms with Gasteiger partial charge in [0, 0.05) is 18.6 Å². The standard InChI is InChI=1S/C19H18N6O/c1-13-17-9-15(11-20-19(17)24(2)23-13)22-18(26)8-14-10-21-25(12-14)16-6-4-3-5-7-16/h3-7,9-12H,8H2,1-2H3,(H,22,26). The number of benzene rings is 1. The van der Waals surface area contributed by atoms with Crippen LogP contribution in [0.3, 0.4) is 0 Å². The number of pyridine rings is 1. The lowest BCUT2D eigenvalue weighted by molar-refractivity contribution is -0.115. The highest BCUT2D eigenvalue weighted by molar-refractivity contribution is 5.94. The lowest BCUT2D eigenvalue weighted by Gasteiger charge is -2.04. The molecule has 0 saturated carbocycles. The summed E-state index contributed by atoms with van der Waals surface area (Å²) in [6.07, 6.45) is 5.46. The Labute approximate surface area is 150 Å². The van der Waals surface area contributed by atoms with Crippen molar-refractivity contribution in [3.8, 4) is 5.69 Å². The van der Waals surface area contributed by atoms with Gasteiger partial charge in [-0.3, -0.25) is 9.48 Å². The van der Waals surface area contributed by atoms with Crippen LogP contribution < -0.4 is 5.32 Å². The maximum absolute atomic E-state index is 12.4. The minimum Gasteiger partial charge on any atom is -0.324 e. The van der Waals surface area contributed by atoms with Crippen molar-refractivity contribution >= 4 is 22.6 Å². The summed E-state index contributed by atoms with van der Waals surface area (Å²) in [4.78, 5) is 16.7. The molecule has 1 amide bonds. The molecule has 7 nitrogen and oxygen atoms in total. The normalized spacial score (nSPS) is 11.0. The van der Waals surface area contributed by atoms with E-state index in [0.717, 1.165) is 28.0 Å². The SMILES string of the molecule is Cc1nn(C)c2ncc(NC(=O)Cc3cnn(-c4ccccc4)c3)cc12. The summed E-state index contributed by atoms with van der Waals surface area (Å²) < 4.78 is 3.49. The van der Waals surface area contributed by atoms with Crippen LogP contribution in [0, 0.1) is 6.92 Å². The largest absolute Gasteiger partial charge is 0.324 e. The van der Waals surface area contributed by atoms with Crippen molar-refractivity contribution in [2.45, 2.75) is 13.3 Å². The molecule has 7 heteroatoms. The quantitative estimate of drug-likeness (QED) is 0.616. The Morgan fingerprint density at radius 1 is 1.19 bits per heavy atom. The molecule has 0 fully saturated rings. The van der Waals surface area contributed by atoms with Gasteiger partial charge in [-0.2, -0.15) is 10.2 Å². The number of carbonyl (C=O) groups excluding carboxylic acids is 1. The van der Waals surface area contributed by atoms with Gasteiger partial charge in [0.1, 0.15) is 0 Å². The van der Waals surface area contributed by atoms with Crippen LogP contribution in [0.4, 0.5) is 5.69 Å². The van der Waals surface area contributed by atoms with Crippen molar-refractivity contribution in [1.82, 2.24) is 24.5 Å². The number of amides is 1. The molecule has 0 spiro atoms. The minimum absolute atomic E-state index is 0.111. The summed E-state index contributed by atoms with van der Waals surface area (Å²) in [5.74, 6) is -0.111. The molecule has 0 radical (unpaired) electrons. The van der Waals surface area contributed by atoms with Gasteiger partial charge < -0.3 is 5.32 Å². The zero-order valence-corrected chi connectivity index (χ0v) is 14.5. The number of hydrogen-bond acceptors (Lipinski definition) is 4. The van der Waals surface area contributed by atoms with Gasteiger partial charge in [0.05, 0.1) is 35.9 Å². The Hall–Kier alpha value is -3.48. The third kappa shape index (κ3) is 3.06. The van der Waals surface area contributed by atoms with Gasteiger partial charge in [-0.05, 0) is 30.7 Å². The molecule has 1 N–H and O–H groups in total. The first kappa shape index (κ1) is 16.0. The highest BCUT2D eigenvalue weighted by Gasteiger charge is 2.10. The first-order chi connectivity index (χ1) is 12.6. The number of hydrogen-bond donors (Lipinski definition) is 1. The average molecular weight is 346 g/mol. The molecule has 130 valence electrons. The van der Waals surface area contributed by atoms with Crippen molar-refractivity contribution in [1.29, 1.82) is 0 Å². The first-order valence-electron chi connectivity index (χ1n) is 8.28. The summed E-state index contributed by atoms with van der Waals surface area (Å²) in [6.45, 7) is 1.92. The van der Waals surface area contributed by atoms with Gasteiger partial charge in [0.25, 0.3) is 0 Å². The lowest BCUT2D eigenvalue weighted by atomic mass is 10.2. The molecule has 0 aliphatic carbocycles. The smallest absolute Gasteiger partial charge is 0.228 e. The maximum atomic E-state index is 12.4. The predicted molar refractivity (Wildman–Crippen MR) is 99.1 cm³/mol. The molecule has 0 unspecified atom stereocenters. The average Bonchev–Trinajstić information content (AvgIpc) is 3.20. The predicted octanol–water partition coefficient (Wildman–Crippen LogP) is 2.64. The molecular formula is C19H18N6O. The second-order valence-corrected chi connectivity index (χ2v) is 6.16. The van der Waals surface area contributed by atoms with E-state index in [1.54, 1.807) is 21.8 Å². The van der Waals surface area contributed by atoms with E-state index in [1.807, 2.05) is 56.6 Å². The number of nitrogens with one attached hydrogen (secondary N) is 1. The molecule has 3 aromatic heterocycles. The number of fused-ring (bicyclic) bond motifs is 1. The van der Waals surface area contributed by atoms with Gasteiger partial charge in [-0.1, -0.05) is 18.2 Å². The van der Waals surface area contributed by atoms with E-state index in [9.17, 15) is 4.79 Å². The number of carbonyl (C=O) groups is 1. The van der Waals surface area contributed by atoms with Crippen molar-refractivity contribution in [2.24, 2.45) is 7.05 Å². The van der Waals surface area contributed by atoms with Crippen LogP contribution in [0.15, 0.2) is 55.0 Å². The summed E-state index contributed by atoms with van der Waals surface area (Å²) in [6, 6.07) is 11.7. The fraction of sp³-hybridized carbons (Fsp3) is 0.158. The van der Waals surface area contributed by atoms with Gasteiger partial charge >= 0.3 is 0 Å². The van der Waals surface area contributed by atoms with E-state index >= 15 is 0 Å². The number of nitrogens with zero attached hydrogens (tertiary/aromatic N) is 5. The van der Waals surface area contributed by atoms with Crippen LogP contribution in [0.1, 0.15) is 11.3 Å². The Morgan fingerprint density at radius 2 is 2.00 bits per heavy atom. The number of anilines is 1. The molecule has 4 rings (SSSR count). The zero-order chi connectivity index (χ0) is 18.1. The molecule has 0 saturated heterocycles. The molecule has 0 atom stereocenters. The molecule has 4 aromatic rings. The maximum Gasteiger partial charge on any atom is 0.228 e. The van der Waals surface area contributed by atoms with E-state index in [4.69, 9.17) is 0 Å². The number of aromatic nitrogens is 5. The highest BCUT2D eigenvalue weighted by atomic mass is 16.1. The van der Waals surface area contributed by atoms with Gasteiger partial charge in [-0.25, -0.2) is 9.67 Å². The number of aryl methyl sites for hydroxylation is 2. The van der Waals surface area contributed by atoms with E-state index in [0.29, 0.717) is 5.69 Å². The van der Waals surface area contributed by atoms with E-state index < -0.39 is 0 Å². The topological polar surface area (TPSA) is 77.6 Å². The Morgan fingerprint density at radius 3 is 2.81 bits per heavy atom. The zero-order valence-electron chi connectivity index (χ0n) is 14.5.